The first-order chi connectivity index (χ1) is 11.0. The number of rotatable bonds is 5. The second-order valence-electron chi connectivity index (χ2n) is 5.63. The van der Waals surface area contributed by atoms with Gasteiger partial charge in [-0.1, -0.05) is 0 Å². The van der Waals surface area contributed by atoms with Crippen LogP contribution in [0.25, 0.3) is 11.0 Å². The Labute approximate surface area is 134 Å². The first-order valence-corrected chi connectivity index (χ1v) is 7.49. The van der Waals surface area contributed by atoms with Crippen LogP contribution in [0.3, 0.4) is 0 Å². The van der Waals surface area contributed by atoms with Crippen LogP contribution in [0.4, 0.5) is 5.69 Å². The molecule has 2 heterocycles. The largest absolute Gasteiger partial charge is 0.342 e. The summed E-state index contributed by atoms with van der Waals surface area (Å²) in [6, 6.07) is 5.68. The van der Waals surface area contributed by atoms with Gasteiger partial charge in [-0.05, 0) is 32.0 Å². The Morgan fingerprint density at radius 1 is 1.43 bits per heavy atom. The van der Waals surface area contributed by atoms with Crippen molar-refractivity contribution in [1.82, 2.24) is 24.8 Å². The summed E-state index contributed by atoms with van der Waals surface area (Å²) >= 11 is 0. The molecule has 0 saturated carbocycles. The molecular formula is C16H20N6O. The number of benzene rings is 1. The number of hydrogen-bond donors (Lipinski definition) is 3. The van der Waals surface area contributed by atoms with E-state index in [2.05, 4.69) is 25.6 Å². The van der Waals surface area contributed by atoms with E-state index < -0.39 is 0 Å². The van der Waals surface area contributed by atoms with Crippen molar-refractivity contribution >= 4 is 22.6 Å². The number of H-pyrrole nitrogens is 1. The average Bonchev–Trinajstić information content (AvgIpc) is 3.09. The average molecular weight is 312 g/mol. The monoisotopic (exact) mass is 312 g/mol. The molecule has 7 heteroatoms. The number of aryl methyl sites for hydroxylation is 2. The lowest BCUT2D eigenvalue weighted by Crippen LogP contribution is -2.30. The fraction of sp³-hybridized carbons (Fsp3) is 0.312. The van der Waals surface area contributed by atoms with Crippen LogP contribution in [-0.4, -0.2) is 32.0 Å². The highest BCUT2D eigenvalue weighted by molar-refractivity contribution is 5.94. The number of hydrogen-bond acceptors (Lipinski definition) is 4. The molecule has 23 heavy (non-hydrogen) atoms. The van der Waals surface area contributed by atoms with Crippen LogP contribution in [0.1, 0.15) is 24.5 Å². The molecule has 2 aromatic heterocycles. The number of aromatic nitrogens is 4. The van der Waals surface area contributed by atoms with Gasteiger partial charge in [0, 0.05) is 25.0 Å². The topological polar surface area (TPSA) is 87.6 Å². The molecule has 0 aliphatic heterocycles. The van der Waals surface area contributed by atoms with Crippen LogP contribution in [0.15, 0.2) is 30.7 Å². The predicted molar refractivity (Wildman–Crippen MR) is 89.1 cm³/mol. The highest BCUT2D eigenvalue weighted by Crippen LogP contribution is 2.17. The number of carbonyl (C=O) groups is 1. The van der Waals surface area contributed by atoms with Gasteiger partial charge >= 0.3 is 0 Å². The summed E-state index contributed by atoms with van der Waals surface area (Å²) in [7, 11) is 1.93. The minimum absolute atomic E-state index is 0.0472. The van der Waals surface area contributed by atoms with Gasteiger partial charge in [0.25, 0.3) is 0 Å². The predicted octanol–water partition coefficient (Wildman–Crippen LogP) is 1.89. The smallest absolute Gasteiger partial charge is 0.238 e. The fourth-order valence-electron chi connectivity index (χ4n) is 2.56. The van der Waals surface area contributed by atoms with E-state index in [1.54, 1.807) is 12.5 Å². The lowest BCUT2D eigenvalue weighted by atomic mass is 10.2. The Morgan fingerprint density at radius 2 is 2.26 bits per heavy atom. The maximum absolute atomic E-state index is 12.1. The molecule has 0 saturated heterocycles. The highest BCUT2D eigenvalue weighted by Gasteiger charge is 2.11. The van der Waals surface area contributed by atoms with Crippen molar-refractivity contribution in [1.29, 1.82) is 0 Å². The van der Waals surface area contributed by atoms with Gasteiger partial charge in [0.1, 0.15) is 5.82 Å². The first-order valence-electron chi connectivity index (χ1n) is 7.49. The Balaban J connectivity index is 1.59. The van der Waals surface area contributed by atoms with Crippen LogP contribution in [-0.2, 0) is 11.8 Å². The summed E-state index contributed by atoms with van der Waals surface area (Å²) in [5.74, 6) is 0.768. The van der Waals surface area contributed by atoms with Gasteiger partial charge in [-0.3, -0.25) is 4.79 Å². The van der Waals surface area contributed by atoms with E-state index >= 15 is 0 Å². The Morgan fingerprint density at radius 3 is 3.00 bits per heavy atom. The zero-order chi connectivity index (χ0) is 16.4. The number of amides is 1. The van der Waals surface area contributed by atoms with Crippen molar-refractivity contribution in [3.8, 4) is 0 Å². The quantitative estimate of drug-likeness (QED) is 0.671. The van der Waals surface area contributed by atoms with Gasteiger partial charge in [-0.2, -0.15) is 0 Å². The van der Waals surface area contributed by atoms with Crippen LogP contribution in [0.2, 0.25) is 0 Å². The summed E-state index contributed by atoms with van der Waals surface area (Å²) < 4.78 is 1.93. The van der Waals surface area contributed by atoms with Crippen molar-refractivity contribution < 1.29 is 4.79 Å². The number of carbonyl (C=O) groups excluding carboxylic acids is 1. The summed E-state index contributed by atoms with van der Waals surface area (Å²) in [5, 5.41) is 6.08. The summed E-state index contributed by atoms with van der Waals surface area (Å²) in [6.07, 6.45) is 3.54. The Hall–Kier alpha value is -2.67. The van der Waals surface area contributed by atoms with Crippen molar-refractivity contribution in [2.24, 2.45) is 7.05 Å². The fourth-order valence-corrected chi connectivity index (χ4v) is 2.56. The summed E-state index contributed by atoms with van der Waals surface area (Å²) in [5.41, 5.74) is 3.59. The maximum atomic E-state index is 12.1. The van der Waals surface area contributed by atoms with Crippen molar-refractivity contribution in [3.63, 3.8) is 0 Å². The lowest BCUT2D eigenvalue weighted by Gasteiger charge is -2.14. The van der Waals surface area contributed by atoms with E-state index in [9.17, 15) is 4.79 Å². The van der Waals surface area contributed by atoms with E-state index in [0.29, 0.717) is 0 Å². The van der Waals surface area contributed by atoms with Crippen LogP contribution >= 0.6 is 0 Å². The molecule has 0 aliphatic rings. The molecule has 7 nitrogen and oxygen atoms in total. The van der Waals surface area contributed by atoms with Crippen molar-refractivity contribution in [2.75, 3.05) is 11.9 Å². The molecule has 1 amide bonds. The molecule has 0 bridgehead atoms. The molecule has 0 spiro atoms. The molecule has 3 N–H and O–H groups in total. The highest BCUT2D eigenvalue weighted by atomic mass is 16.1. The SMILES string of the molecule is Cc1nc2ccc(NC(=O)CNC(C)c3cncn3C)cc2[nH]1. The van der Waals surface area contributed by atoms with Gasteiger partial charge in [-0.15, -0.1) is 0 Å². The van der Waals surface area contributed by atoms with Crippen LogP contribution in [0, 0.1) is 6.92 Å². The zero-order valence-electron chi connectivity index (χ0n) is 13.4. The van der Waals surface area contributed by atoms with Gasteiger partial charge in [0.05, 0.1) is 29.6 Å². The van der Waals surface area contributed by atoms with Crippen molar-refractivity contribution in [3.05, 3.63) is 42.2 Å². The third kappa shape index (κ3) is 3.40. The summed E-state index contributed by atoms with van der Waals surface area (Å²) in [4.78, 5) is 23.7. The molecule has 1 unspecified atom stereocenters. The second kappa shape index (κ2) is 6.21. The second-order valence-corrected chi connectivity index (χ2v) is 5.63. The first kappa shape index (κ1) is 15.2. The Bertz CT molecular complexity index is 834. The molecule has 1 aromatic carbocycles. The minimum atomic E-state index is -0.0883. The molecule has 1 atom stereocenters. The third-order valence-corrected chi connectivity index (χ3v) is 3.75. The van der Waals surface area contributed by atoms with E-state index in [1.165, 1.54) is 0 Å². The summed E-state index contributed by atoms with van der Waals surface area (Å²) in [6.45, 7) is 4.14. The standard InChI is InChI=1S/C16H20N6O/c1-10(15-7-17-9-22(15)3)18-8-16(23)21-12-4-5-13-14(6-12)20-11(2)19-13/h4-7,9-10,18H,8H2,1-3H3,(H,19,20)(H,21,23). The maximum Gasteiger partial charge on any atom is 0.238 e. The number of fused-ring (bicyclic) bond motifs is 1. The van der Waals surface area contributed by atoms with Gasteiger partial charge < -0.3 is 20.2 Å². The number of aromatic amines is 1. The van der Waals surface area contributed by atoms with Gasteiger partial charge in [-0.25, -0.2) is 9.97 Å². The van der Waals surface area contributed by atoms with E-state index in [-0.39, 0.29) is 18.5 Å². The molecule has 0 aliphatic carbocycles. The van der Waals surface area contributed by atoms with Crippen LogP contribution in [0.5, 0.6) is 0 Å². The zero-order valence-corrected chi connectivity index (χ0v) is 13.4. The number of nitrogens with zero attached hydrogens (tertiary/aromatic N) is 3. The van der Waals surface area contributed by atoms with E-state index in [0.717, 1.165) is 28.2 Å². The molecule has 0 fully saturated rings. The molecule has 120 valence electrons. The molecule has 3 aromatic rings. The van der Waals surface area contributed by atoms with E-state index in [1.807, 2.05) is 43.7 Å². The van der Waals surface area contributed by atoms with Crippen LogP contribution < -0.4 is 10.6 Å². The normalized spacial score (nSPS) is 12.5. The number of nitrogens with one attached hydrogen (secondary N) is 3. The number of anilines is 1. The number of imidazole rings is 2. The Kier molecular flexibility index (Phi) is 4.12. The van der Waals surface area contributed by atoms with Gasteiger partial charge in [0.15, 0.2) is 0 Å². The van der Waals surface area contributed by atoms with Gasteiger partial charge in [0.2, 0.25) is 5.91 Å². The lowest BCUT2D eigenvalue weighted by molar-refractivity contribution is -0.115. The third-order valence-electron chi connectivity index (χ3n) is 3.75. The van der Waals surface area contributed by atoms with Crippen molar-refractivity contribution in [2.45, 2.75) is 19.9 Å². The minimum Gasteiger partial charge on any atom is -0.342 e. The molecular weight excluding hydrogens is 292 g/mol. The molecule has 0 radical (unpaired) electrons. The van der Waals surface area contributed by atoms with E-state index in [4.69, 9.17) is 0 Å². The molecule has 3 rings (SSSR count).